The first kappa shape index (κ1) is 24.7. The van der Waals surface area contributed by atoms with E-state index in [0.717, 1.165) is 14.7 Å². The van der Waals surface area contributed by atoms with Crippen molar-refractivity contribution in [1.29, 1.82) is 0 Å². The van der Waals surface area contributed by atoms with Gasteiger partial charge in [0.15, 0.2) is 5.78 Å². The third kappa shape index (κ3) is 4.26. The average Bonchev–Trinajstić information content (AvgIpc) is 3.13. The van der Waals surface area contributed by atoms with Crippen LogP contribution >= 0.6 is 38.5 Å². The molecule has 5 rings (SSSR count). The fourth-order valence-electron chi connectivity index (χ4n) is 4.71. The Bertz CT molecular complexity index is 1470. The molecule has 3 aromatic rings. The number of benzene rings is 3. The third-order valence-electron chi connectivity index (χ3n) is 6.28. The number of halogens is 3. The van der Waals surface area contributed by atoms with Crippen LogP contribution < -0.4 is 10.1 Å². The summed E-state index contributed by atoms with van der Waals surface area (Å²) in [5, 5.41) is 3.28. The minimum atomic E-state index is -0.629. The predicted octanol–water partition coefficient (Wildman–Crippen LogP) is 6.51. The number of methoxy groups -OCH3 is 1. The second-order valence-electron chi connectivity index (χ2n) is 8.48. The number of hydrogen-bond acceptors (Lipinski definition) is 5. The van der Waals surface area contributed by atoms with Crippen molar-refractivity contribution in [1.82, 2.24) is 5.32 Å². The van der Waals surface area contributed by atoms with Crippen molar-refractivity contribution in [2.75, 3.05) is 7.11 Å². The van der Waals surface area contributed by atoms with Crippen LogP contribution in [0.5, 0.6) is 5.75 Å². The fraction of sp³-hybridized carbons (Fsp3) is 0.143. The summed E-state index contributed by atoms with van der Waals surface area (Å²) in [6.45, 7) is 2.00. The minimum absolute atomic E-state index is 0.121. The van der Waals surface area contributed by atoms with Crippen LogP contribution in [0.3, 0.4) is 0 Å². The van der Waals surface area contributed by atoms with Crippen LogP contribution in [0.4, 0.5) is 4.39 Å². The van der Waals surface area contributed by atoms with Crippen molar-refractivity contribution in [3.05, 3.63) is 114 Å². The number of rotatable bonds is 5. The zero-order valence-electron chi connectivity index (χ0n) is 19.3. The van der Waals surface area contributed by atoms with Gasteiger partial charge >= 0.3 is 5.97 Å². The molecule has 5 nitrogen and oxygen atoms in total. The van der Waals surface area contributed by atoms with Gasteiger partial charge in [-0.2, -0.15) is 0 Å². The fourth-order valence-corrected chi connectivity index (χ4v) is 6.48. The van der Waals surface area contributed by atoms with Crippen LogP contribution in [-0.4, -0.2) is 18.9 Å². The lowest BCUT2D eigenvalue weighted by Gasteiger charge is -2.29. The average molecular weight is 660 g/mol. The van der Waals surface area contributed by atoms with Gasteiger partial charge in [-0.3, -0.25) is 4.79 Å². The van der Waals surface area contributed by atoms with E-state index in [1.165, 1.54) is 19.2 Å². The number of ketones is 1. The summed E-state index contributed by atoms with van der Waals surface area (Å²) in [7, 11) is 1.33. The Labute approximate surface area is 229 Å². The van der Waals surface area contributed by atoms with Gasteiger partial charge in [-0.15, -0.1) is 0 Å². The highest BCUT2D eigenvalue weighted by Crippen LogP contribution is 2.48. The van der Waals surface area contributed by atoms with Crippen molar-refractivity contribution >= 4 is 56.0 Å². The summed E-state index contributed by atoms with van der Waals surface area (Å²) < 4.78 is 26.1. The van der Waals surface area contributed by atoms with Crippen molar-refractivity contribution in [3.8, 4) is 5.75 Å². The Morgan fingerprint density at radius 1 is 1.11 bits per heavy atom. The highest BCUT2D eigenvalue weighted by Gasteiger charge is 2.43. The second-order valence-corrected chi connectivity index (χ2v) is 10.5. The molecular weight excluding hydrogens is 640 g/mol. The van der Waals surface area contributed by atoms with E-state index in [-0.39, 0.29) is 18.2 Å². The number of nitrogens with one attached hydrogen (secondary N) is 1. The number of dihydropyridines is 1. The number of Topliss-reactive ketones (excluding diaryl/α,β-unsaturated/α-hetero) is 1. The van der Waals surface area contributed by atoms with E-state index in [2.05, 4.69) is 43.8 Å². The SMILES string of the molecule is COC(=O)C1=C(C)NC2=C(C(=O)c3ccccc32)[C@@H]1c1cc(Br)c(OCc2cccc(F)c2)c(I)c1. The molecular formula is C28H20BrFINO4. The molecule has 2 aliphatic rings. The highest BCUT2D eigenvalue weighted by atomic mass is 127. The normalized spacial score (nSPS) is 16.5. The smallest absolute Gasteiger partial charge is 0.336 e. The number of allylic oxidation sites excluding steroid dienone is 2. The number of carbonyl (C=O) groups is 2. The molecule has 0 saturated carbocycles. The maximum absolute atomic E-state index is 13.6. The number of carbonyl (C=O) groups excluding carboxylic acids is 2. The molecule has 0 unspecified atom stereocenters. The Hall–Kier alpha value is -2.98. The number of hydrogen-bond donors (Lipinski definition) is 1. The Balaban J connectivity index is 1.58. The van der Waals surface area contributed by atoms with Gasteiger partial charge in [0.1, 0.15) is 18.2 Å². The monoisotopic (exact) mass is 659 g/mol. The number of esters is 1. The van der Waals surface area contributed by atoms with E-state index in [1.54, 1.807) is 18.2 Å². The second kappa shape index (κ2) is 9.82. The first-order valence-electron chi connectivity index (χ1n) is 11.1. The van der Waals surface area contributed by atoms with E-state index in [0.29, 0.717) is 43.9 Å². The topological polar surface area (TPSA) is 64.6 Å². The Morgan fingerprint density at radius 3 is 2.56 bits per heavy atom. The summed E-state index contributed by atoms with van der Waals surface area (Å²) in [6.07, 6.45) is 0. The quantitative estimate of drug-likeness (QED) is 0.250. The van der Waals surface area contributed by atoms with Crippen LogP contribution in [0.25, 0.3) is 5.70 Å². The van der Waals surface area contributed by atoms with Gasteiger partial charge in [0, 0.05) is 28.3 Å². The van der Waals surface area contributed by atoms with Crippen molar-refractivity contribution in [2.45, 2.75) is 19.4 Å². The van der Waals surface area contributed by atoms with E-state index < -0.39 is 11.9 Å². The molecule has 1 aliphatic carbocycles. The molecule has 0 bridgehead atoms. The van der Waals surface area contributed by atoms with E-state index >= 15 is 0 Å². The van der Waals surface area contributed by atoms with Crippen molar-refractivity contribution in [3.63, 3.8) is 0 Å². The summed E-state index contributed by atoms with van der Waals surface area (Å²) in [5.74, 6) is -0.985. The summed E-state index contributed by atoms with van der Waals surface area (Å²) in [4.78, 5) is 26.5. The van der Waals surface area contributed by atoms with E-state index in [1.807, 2.05) is 37.3 Å². The van der Waals surface area contributed by atoms with Gasteiger partial charge < -0.3 is 14.8 Å². The molecule has 1 atom stereocenters. The molecule has 3 aromatic carbocycles. The number of fused-ring (bicyclic) bond motifs is 2. The minimum Gasteiger partial charge on any atom is -0.487 e. The Morgan fingerprint density at radius 2 is 1.86 bits per heavy atom. The van der Waals surface area contributed by atoms with E-state index in [4.69, 9.17) is 9.47 Å². The maximum atomic E-state index is 13.6. The molecule has 1 N–H and O–H groups in total. The van der Waals surface area contributed by atoms with Gasteiger partial charge in [-0.1, -0.05) is 36.4 Å². The molecule has 0 spiro atoms. The standard InChI is InChI=1S/C28H20BrFINO4/c1-14-22(28(34)35-2)23(24-25(32-14)18-8-3-4-9-19(18)26(24)33)16-11-20(29)27(21(31)12-16)36-13-15-6-5-7-17(30)10-15/h3-12,23,32H,13H2,1-2H3/t23-/m1/s1. The molecule has 182 valence electrons. The third-order valence-corrected chi connectivity index (χ3v) is 7.67. The predicted molar refractivity (Wildman–Crippen MR) is 146 cm³/mol. The first-order valence-corrected chi connectivity index (χ1v) is 13.0. The molecule has 8 heteroatoms. The van der Waals surface area contributed by atoms with Crippen LogP contribution in [0.2, 0.25) is 0 Å². The molecule has 0 radical (unpaired) electrons. The van der Waals surface area contributed by atoms with Gasteiger partial charge in [-0.25, -0.2) is 9.18 Å². The lowest BCUT2D eigenvalue weighted by Crippen LogP contribution is -2.29. The van der Waals surface area contributed by atoms with Crippen LogP contribution in [0, 0.1) is 9.39 Å². The van der Waals surface area contributed by atoms with Crippen LogP contribution in [0.15, 0.2) is 82.0 Å². The van der Waals surface area contributed by atoms with Crippen molar-refractivity contribution in [2.24, 2.45) is 0 Å². The van der Waals surface area contributed by atoms with Crippen molar-refractivity contribution < 1.29 is 23.5 Å². The molecule has 0 saturated heterocycles. The van der Waals surface area contributed by atoms with Crippen LogP contribution in [-0.2, 0) is 16.1 Å². The number of ether oxygens (including phenoxy) is 2. The van der Waals surface area contributed by atoms with Gasteiger partial charge in [0.2, 0.25) is 0 Å². The molecule has 0 amide bonds. The molecule has 1 heterocycles. The molecule has 36 heavy (non-hydrogen) atoms. The summed E-state index contributed by atoms with van der Waals surface area (Å²) in [5.41, 5.74) is 5.11. The van der Waals surface area contributed by atoms with Gasteiger partial charge in [-0.05, 0) is 80.8 Å². The maximum Gasteiger partial charge on any atom is 0.336 e. The van der Waals surface area contributed by atoms with Gasteiger partial charge in [0.25, 0.3) is 0 Å². The summed E-state index contributed by atoms with van der Waals surface area (Å²) >= 11 is 5.77. The first-order chi connectivity index (χ1) is 17.3. The Kier molecular flexibility index (Phi) is 6.74. The highest BCUT2D eigenvalue weighted by molar-refractivity contribution is 14.1. The largest absolute Gasteiger partial charge is 0.487 e. The zero-order valence-corrected chi connectivity index (χ0v) is 23.1. The molecule has 0 aromatic heterocycles. The molecule has 0 fully saturated rings. The van der Waals surface area contributed by atoms with Crippen LogP contribution in [0.1, 0.15) is 39.9 Å². The molecule has 1 aliphatic heterocycles. The lowest BCUT2D eigenvalue weighted by atomic mass is 9.80. The lowest BCUT2D eigenvalue weighted by molar-refractivity contribution is -0.136. The summed E-state index contributed by atoms with van der Waals surface area (Å²) in [6, 6.07) is 17.4. The van der Waals surface area contributed by atoms with E-state index in [9.17, 15) is 14.0 Å². The zero-order chi connectivity index (χ0) is 25.6. The van der Waals surface area contributed by atoms with Gasteiger partial charge in [0.05, 0.1) is 26.4 Å².